The second kappa shape index (κ2) is 9.07. The van der Waals surface area contributed by atoms with Crippen LogP contribution in [0.3, 0.4) is 0 Å². The number of methoxy groups -OCH3 is 1. The number of ether oxygens (including phenoxy) is 1. The number of thioether (sulfide) groups is 1. The monoisotopic (exact) mass is 308 g/mol. The number of hydrogen-bond donors (Lipinski definition) is 1. The number of carbonyl (C=O) groups excluding carboxylic acids is 1. The molecule has 0 radical (unpaired) electrons. The van der Waals surface area contributed by atoms with Crippen LogP contribution in [0.4, 0.5) is 0 Å². The number of nitrogens with one attached hydrogen (secondary N) is 1. The van der Waals surface area contributed by atoms with Crippen molar-refractivity contribution >= 4 is 17.7 Å². The molecule has 1 aliphatic rings. The largest absolute Gasteiger partial charge is 0.383 e. The molecule has 0 unspecified atom stereocenters. The highest BCUT2D eigenvalue weighted by Crippen LogP contribution is 2.20. The van der Waals surface area contributed by atoms with Gasteiger partial charge in [-0.1, -0.05) is 12.1 Å². The van der Waals surface area contributed by atoms with E-state index in [2.05, 4.69) is 29.6 Å². The third-order valence-electron chi connectivity index (χ3n) is 3.56. The predicted octanol–water partition coefficient (Wildman–Crippen LogP) is 2.14. The maximum absolute atomic E-state index is 12.0. The highest BCUT2D eigenvalue weighted by Gasteiger charge is 2.17. The lowest BCUT2D eigenvalue weighted by molar-refractivity contribution is -0.127. The van der Waals surface area contributed by atoms with E-state index in [-0.39, 0.29) is 5.91 Å². The summed E-state index contributed by atoms with van der Waals surface area (Å²) in [7, 11) is 1.71. The van der Waals surface area contributed by atoms with Crippen LogP contribution in [0.1, 0.15) is 18.4 Å². The molecule has 1 aliphatic heterocycles. The molecule has 1 amide bonds. The van der Waals surface area contributed by atoms with Gasteiger partial charge in [-0.05, 0) is 30.5 Å². The van der Waals surface area contributed by atoms with Crippen molar-refractivity contribution in [2.45, 2.75) is 24.3 Å². The minimum absolute atomic E-state index is 0.266. The fourth-order valence-corrected chi connectivity index (χ4v) is 3.11. The van der Waals surface area contributed by atoms with Gasteiger partial charge in [0.2, 0.25) is 5.91 Å². The number of hydrogen-bond acceptors (Lipinski definition) is 4. The van der Waals surface area contributed by atoms with Crippen molar-refractivity contribution < 1.29 is 9.53 Å². The normalized spacial score (nSPS) is 14.6. The summed E-state index contributed by atoms with van der Waals surface area (Å²) < 4.78 is 4.99. The van der Waals surface area contributed by atoms with Crippen molar-refractivity contribution in [2.75, 3.05) is 39.1 Å². The Kier molecular flexibility index (Phi) is 7.06. The molecular formula is C16H24N2O2S. The van der Waals surface area contributed by atoms with Crippen LogP contribution in [0.25, 0.3) is 0 Å². The Bertz CT molecular complexity index is 430. The SMILES string of the molecule is COCCNCc1ccc(SCC(=O)N2CCCC2)cc1. The smallest absolute Gasteiger partial charge is 0.232 e. The van der Waals surface area contributed by atoms with Gasteiger partial charge in [-0.25, -0.2) is 0 Å². The van der Waals surface area contributed by atoms with E-state index in [9.17, 15) is 4.79 Å². The zero-order chi connectivity index (χ0) is 14.9. The van der Waals surface area contributed by atoms with Gasteiger partial charge >= 0.3 is 0 Å². The lowest BCUT2D eigenvalue weighted by Gasteiger charge is -2.14. The Morgan fingerprint density at radius 1 is 1.29 bits per heavy atom. The van der Waals surface area contributed by atoms with Gasteiger partial charge in [0.15, 0.2) is 0 Å². The van der Waals surface area contributed by atoms with Gasteiger partial charge in [-0.2, -0.15) is 0 Å². The van der Waals surface area contributed by atoms with Crippen LogP contribution in [0.15, 0.2) is 29.2 Å². The zero-order valence-corrected chi connectivity index (χ0v) is 13.5. The lowest BCUT2D eigenvalue weighted by Crippen LogP contribution is -2.29. The van der Waals surface area contributed by atoms with E-state index >= 15 is 0 Å². The van der Waals surface area contributed by atoms with Crippen LogP contribution in [-0.4, -0.2) is 49.9 Å². The van der Waals surface area contributed by atoms with Gasteiger partial charge in [-0.3, -0.25) is 4.79 Å². The standard InChI is InChI=1S/C16H24N2O2S/c1-20-11-8-17-12-14-4-6-15(7-5-14)21-13-16(19)18-9-2-3-10-18/h4-7,17H,2-3,8-13H2,1H3. The molecular weight excluding hydrogens is 284 g/mol. The summed E-state index contributed by atoms with van der Waals surface area (Å²) in [5.74, 6) is 0.814. The van der Waals surface area contributed by atoms with Gasteiger partial charge in [0.05, 0.1) is 12.4 Å². The van der Waals surface area contributed by atoms with Crippen molar-refractivity contribution in [3.05, 3.63) is 29.8 Å². The van der Waals surface area contributed by atoms with Crippen molar-refractivity contribution in [3.63, 3.8) is 0 Å². The molecule has 0 spiro atoms. The van der Waals surface area contributed by atoms with Crippen LogP contribution >= 0.6 is 11.8 Å². The third-order valence-corrected chi connectivity index (χ3v) is 4.55. The number of rotatable bonds is 8. The molecule has 0 aromatic heterocycles. The molecule has 0 saturated carbocycles. The summed E-state index contributed by atoms with van der Waals surface area (Å²) in [5.41, 5.74) is 1.25. The fourth-order valence-electron chi connectivity index (χ4n) is 2.31. The molecule has 21 heavy (non-hydrogen) atoms. The summed E-state index contributed by atoms with van der Waals surface area (Å²) in [4.78, 5) is 15.1. The Morgan fingerprint density at radius 3 is 2.67 bits per heavy atom. The molecule has 1 aromatic carbocycles. The first-order valence-electron chi connectivity index (χ1n) is 7.49. The second-order valence-corrected chi connectivity index (χ2v) is 6.24. The number of carbonyl (C=O) groups is 1. The van der Waals surface area contributed by atoms with Gasteiger partial charge in [0.1, 0.15) is 0 Å². The molecule has 2 rings (SSSR count). The zero-order valence-electron chi connectivity index (χ0n) is 12.6. The van der Waals surface area contributed by atoms with Crippen LogP contribution in [-0.2, 0) is 16.1 Å². The van der Waals surface area contributed by atoms with E-state index in [0.717, 1.165) is 50.5 Å². The van der Waals surface area contributed by atoms with Crippen LogP contribution in [0, 0.1) is 0 Å². The first-order chi connectivity index (χ1) is 10.3. The summed E-state index contributed by atoms with van der Waals surface area (Å²) >= 11 is 1.62. The number of benzene rings is 1. The molecule has 0 bridgehead atoms. The van der Waals surface area contributed by atoms with E-state index in [1.54, 1.807) is 18.9 Å². The number of likely N-dealkylation sites (tertiary alicyclic amines) is 1. The van der Waals surface area contributed by atoms with Crippen LogP contribution < -0.4 is 5.32 Å². The Labute approximate surface area is 131 Å². The molecule has 1 aromatic rings. The van der Waals surface area contributed by atoms with E-state index in [0.29, 0.717) is 5.75 Å². The van der Waals surface area contributed by atoms with E-state index in [1.807, 2.05) is 4.90 Å². The average Bonchev–Trinajstić information content (AvgIpc) is 3.05. The first-order valence-corrected chi connectivity index (χ1v) is 8.47. The summed E-state index contributed by atoms with van der Waals surface area (Å²) in [6, 6.07) is 8.41. The van der Waals surface area contributed by atoms with Crippen LogP contribution in [0.5, 0.6) is 0 Å². The molecule has 1 N–H and O–H groups in total. The van der Waals surface area contributed by atoms with Gasteiger partial charge in [0, 0.05) is 38.2 Å². The van der Waals surface area contributed by atoms with E-state index in [4.69, 9.17) is 4.74 Å². The van der Waals surface area contributed by atoms with Crippen molar-refractivity contribution in [1.82, 2.24) is 10.2 Å². The highest BCUT2D eigenvalue weighted by molar-refractivity contribution is 8.00. The number of nitrogens with zero attached hydrogens (tertiary/aromatic N) is 1. The second-order valence-electron chi connectivity index (χ2n) is 5.19. The molecule has 1 heterocycles. The van der Waals surface area contributed by atoms with Crippen molar-refractivity contribution in [3.8, 4) is 0 Å². The molecule has 0 aliphatic carbocycles. The van der Waals surface area contributed by atoms with E-state index in [1.165, 1.54) is 5.56 Å². The molecule has 116 valence electrons. The van der Waals surface area contributed by atoms with Gasteiger partial charge < -0.3 is 15.0 Å². The van der Waals surface area contributed by atoms with Gasteiger partial charge in [0.25, 0.3) is 0 Å². The molecule has 5 heteroatoms. The van der Waals surface area contributed by atoms with Gasteiger partial charge in [-0.15, -0.1) is 11.8 Å². The first kappa shape index (κ1) is 16.3. The topological polar surface area (TPSA) is 41.6 Å². The highest BCUT2D eigenvalue weighted by atomic mass is 32.2. The van der Waals surface area contributed by atoms with Crippen LogP contribution in [0.2, 0.25) is 0 Å². The summed E-state index contributed by atoms with van der Waals surface area (Å²) in [6.45, 7) is 4.31. The summed E-state index contributed by atoms with van der Waals surface area (Å²) in [5, 5.41) is 3.32. The molecule has 4 nitrogen and oxygen atoms in total. The minimum Gasteiger partial charge on any atom is -0.383 e. The number of amides is 1. The Hall–Kier alpha value is -1.04. The average molecular weight is 308 g/mol. The quantitative estimate of drug-likeness (QED) is 0.590. The fraction of sp³-hybridized carbons (Fsp3) is 0.562. The Balaban J connectivity index is 1.70. The summed E-state index contributed by atoms with van der Waals surface area (Å²) in [6.07, 6.45) is 2.31. The molecule has 1 fully saturated rings. The molecule has 1 saturated heterocycles. The minimum atomic E-state index is 0.266. The maximum Gasteiger partial charge on any atom is 0.232 e. The third kappa shape index (κ3) is 5.69. The van der Waals surface area contributed by atoms with Crippen molar-refractivity contribution in [1.29, 1.82) is 0 Å². The van der Waals surface area contributed by atoms with E-state index < -0.39 is 0 Å². The Morgan fingerprint density at radius 2 is 2.00 bits per heavy atom. The maximum atomic E-state index is 12.0. The van der Waals surface area contributed by atoms with Crippen molar-refractivity contribution in [2.24, 2.45) is 0 Å². The molecule has 0 atom stereocenters. The lowest BCUT2D eigenvalue weighted by atomic mass is 10.2. The predicted molar refractivity (Wildman–Crippen MR) is 86.6 cm³/mol.